The molecule has 6 heteroatoms. The summed E-state index contributed by atoms with van der Waals surface area (Å²) >= 11 is 3.72. The molecule has 0 radical (unpaired) electrons. The lowest BCUT2D eigenvalue weighted by Crippen LogP contribution is -2.27. The maximum absolute atomic E-state index is 4.73. The fraction of sp³-hybridized carbons (Fsp3) is 0.526. The highest BCUT2D eigenvalue weighted by Gasteiger charge is 2.17. The van der Waals surface area contributed by atoms with E-state index in [4.69, 9.17) is 4.98 Å². The minimum atomic E-state index is 0.495. The van der Waals surface area contributed by atoms with Crippen molar-refractivity contribution in [3.63, 3.8) is 0 Å². The molecule has 0 atom stereocenters. The summed E-state index contributed by atoms with van der Waals surface area (Å²) < 4.78 is 1.06. The first-order valence-corrected chi connectivity index (χ1v) is 9.75. The molecule has 0 aliphatic carbocycles. The molecule has 0 bridgehead atoms. The largest absolute Gasteiger partial charge is 0.341 e. The third-order valence-electron chi connectivity index (χ3n) is 4.26. The Morgan fingerprint density at radius 3 is 2.12 bits per heavy atom. The molecule has 0 saturated heterocycles. The zero-order valence-corrected chi connectivity index (χ0v) is 17.6. The van der Waals surface area contributed by atoms with Crippen LogP contribution in [0.25, 0.3) is 0 Å². The predicted molar refractivity (Wildman–Crippen MR) is 109 cm³/mol. The third-order valence-corrected chi connectivity index (χ3v) is 4.89. The highest BCUT2D eigenvalue weighted by atomic mass is 79.9. The summed E-state index contributed by atoms with van der Waals surface area (Å²) in [6, 6.07) is 6.49. The minimum Gasteiger partial charge on any atom is -0.341 e. The van der Waals surface area contributed by atoms with E-state index in [9.17, 15) is 0 Å². The Hall–Kier alpha value is -1.69. The molecule has 5 nitrogen and oxygen atoms in total. The number of nitrogens with zero attached hydrogens (tertiary/aromatic N) is 5. The summed E-state index contributed by atoms with van der Waals surface area (Å²) in [5.74, 6) is 2.66. The van der Waals surface area contributed by atoms with Crippen molar-refractivity contribution in [2.45, 2.75) is 47.5 Å². The van der Waals surface area contributed by atoms with Crippen molar-refractivity contribution in [2.75, 3.05) is 29.4 Å². The number of hydrogen-bond acceptors (Lipinski definition) is 5. The number of halogens is 1. The standard InChI is InChI=1S/C19H28BrN5/c1-7-24(8-2)18-21-14(6)22-19(23-18)25(9-3)17-11-10-15(13(4)5)12-16(17)20/h10-13H,7-9H2,1-6H3. The van der Waals surface area contributed by atoms with Gasteiger partial charge in [0.25, 0.3) is 0 Å². The molecule has 0 fully saturated rings. The molecular weight excluding hydrogens is 378 g/mol. The van der Waals surface area contributed by atoms with Crippen molar-refractivity contribution in [1.82, 2.24) is 15.0 Å². The van der Waals surface area contributed by atoms with Gasteiger partial charge in [0.05, 0.1) is 5.69 Å². The highest BCUT2D eigenvalue weighted by molar-refractivity contribution is 9.10. The Morgan fingerprint density at radius 2 is 1.60 bits per heavy atom. The molecule has 2 aromatic rings. The van der Waals surface area contributed by atoms with E-state index in [0.717, 1.165) is 41.6 Å². The van der Waals surface area contributed by atoms with E-state index in [2.05, 4.69) is 88.5 Å². The van der Waals surface area contributed by atoms with E-state index < -0.39 is 0 Å². The van der Waals surface area contributed by atoms with Gasteiger partial charge in [-0.15, -0.1) is 0 Å². The van der Waals surface area contributed by atoms with Crippen LogP contribution in [-0.4, -0.2) is 34.6 Å². The second-order valence-corrected chi connectivity index (χ2v) is 7.12. The Balaban J connectivity index is 2.47. The van der Waals surface area contributed by atoms with Crippen LogP contribution in [0.1, 0.15) is 51.9 Å². The van der Waals surface area contributed by atoms with E-state index in [1.165, 1.54) is 5.56 Å². The molecule has 25 heavy (non-hydrogen) atoms. The van der Waals surface area contributed by atoms with E-state index >= 15 is 0 Å². The number of aromatic nitrogens is 3. The zero-order chi connectivity index (χ0) is 18.6. The maximum Gasteiger partial charge on any atom is 0.234 e. The van der Waals surface area contributed by atoms with E-state index in [1.807, 2.05) is 6.92 Å². The number of aryl methyl sites for hydroxylation is 1. The molecule has 1 aromatic carbocycles. The van der Waals surface area contributed by atoms with Gasteiger partial charge >= 0.3 is 0 Å². The lowest BCUT2D eigenvalue weighted by atomic mass is 10.0. The number of hydrogen-bond donors (Lipinski definition) is 0. The summed E-state index contributed by atoms with van der Waals surface area (Å²) in [6.07, 6.45) is 0. The van der Waals surface area contributed by atoms with Crippen LogP contribution in [-0.2, 0) is 0 Å². The van der Waals surface area contributed by atoms with Crippen molar-refractivity contribution in [3.05, 3.63) is 34.1 Å². The van der Waals surface area contributed by atoms with Crippen LogP contribution in [0.5, 0.6) is 0 Å². The highest BCUT2D eigenvalue weighted by Crippen LogP contribution is 2.33. The van der Waals surface area contributed by atoms with Gasteiger partial charge < -0.3 is 9.80 Å². The molecule has 0 aliphatic heterocycles. The Bertz CT molecular complexity index is 713. The summed E-state index contributed by atoms with van der Waals surface area (Å²) in [5, 5.41) is 0. The summed E-state index contributed by atoms with van der Waals surface area (Å²) in [5.41, 5.74) is 2.38. The van der Waals surface area contributed by atoms with Gasteiger partial charge in [-0.1, -0.05) is 19.9 Å². The first kappa shape index (κ1) is 19.6. The average molecular weight is 406 g/mol. The number of rotatable bonds is 7. The second-order valence-electron chi connectivity index (χ2n) is 6.26. The fourth-order valence-electron chi connectivity index (χ4n) is 2.74. The van der Waals surface area contributed by atoms with Crippen molar-refractivity contribution in [3.8, 4) is 0 Å². The van der Waals surface area contributed by atoms with Crippen molar-refractivity contribution < 1.29 is 0 Å². The summed E-state index contributed by atoms with van der Waals surface area (Å²) in [7, 11) is 0. The third kappa shape index (κ3) is 4.48. The van der Waals surface area contributed by atoms with Gasteiger partial charge in [0.2, 0.25) is 11.9 Å². The van der Waals surface area contributed by atoms with Crippen LogP contribution in [0.15, 0.2) is 22.7 Å². The van der Waals surface area contributed by atoms with Gasteiger partial charge in [-0.3, -0.25) is 0 Å². The zero-order valence-electron chi connectivity index (χ0n) is 16.0. The normalized spacial score (nSPS) is 11.0. The van der Waals surface area contributed by atoms with Crippen molar-refractivity contribution >= 4 is 33.5 Å². The predicted octanol–water partition coefficient (Wildman–Crippen LogP) is 5.07. The Labute approximate surface area is 159 Å². The van der Waals surface area contributed by atoms with Gasteiger partial charge in [-0.05, 0) is 67.2 Å². The van der Waals surface area contributed by atoms with Gasteiger partial charge in [0, 0.05) is 24.1 Å². The van der Waals surface area contributed by atoms with E-state index in [0.29, 0.717) is 11.9 Å². The van der Waals surface area contributed by atoms with Crippen LogP contribution >= 0.6 is 15.9 Å². The molecule has 0 saturated carbocycles. The van der Waals surface area contributed by atoms with E-state index in [1.54, 1.807) is 0 Å². The quantitative estimate of drug-likeness (QED) is 0.642. The molecule has 1 heterocycles. The SMILES string of the molecule is CCN(CC)c1nc(C)nc(N(CC)c2ccc(C(C)C)cc2Br)n1. The molecular formula is C19H28BrN5. The molecule has 0 unspecified atom stereocenters. The van der Waals surface area contributed by atoms with Crippen molar-refractivity contribution in [2.24, 2.45) is 0 Å². The lowest BCUT2D eigenvalue weighted by molar-refractivity contribution is 0.791. The maximum atomic E-state index is 4.73. The molecule has 136 valence electrons. The monoisotopic (exact) mass is 405 g/mol. The van der Waals surface area contributed by atoms with Gasteiger partial charge in [-0.2, -0.15) is 15.0 Å². The van der Waals surface area contributed by atoms with Gasteiger partial charge in [0.1, 0.15) is 5.82 Å². The van der Waals surface area contributed by atoms with Crippen molar-refractivity contribution in [1.29, 1.82) is 0 Å². The molecule has 2 rings (SSSR count). The molecule has 0 N–H and O–H groups in total. The molecule has 0 amide bonds. The molecule has 0 aliphatic rings. The first-order valence-electron chi connectivity index (χ1n) is 8.95. The van der Waals surface area contributed by atoms with Crippen LogP contribution in [0.4, 0.5) is 17.6 Å². The smallest absolute Gasteiger partial charge is 0.234 e. The topological polar surface area (TPSA) is 45.2 Å². The van der Waals surface area contributed by atoms with Crippen LogP contribution in [0, 0.1) is 6.92 Å². The summed E-state index contributed by atoms with van der Waals surface area (Å²) in [6.45, 7) is 15.2. The van der Waals surface area contributed by atoms with E-state index in [-0.39, 0.29) is 0 Å². The van der Waals surface area contributed by atoms with Gasteiger partial charge in [-0.25, -0.2) is 0 Å². The molecule has 1 aromatic heterocycles. The minimum absolute atomic E-state index is 0.495. The Morgan fingerprint density at radius 1 is 0.960 bits per heavy atom. The molecule has 0 spiro atoms. The fourth-order valence-corrected chi connectivity index (χ4v) is 3.35. The van der Waals surface area contributed by atoms with Gasteiger partial charge in [0.15, 0.2) is 0 Å². The first-order chi connectivity index (χ1) is 11.9. The lowest BCUT2D eigenvalue weighted by Gasteiger charge is -2.25. The van der Waals surface area contributed by atoms with Crippen LogP contribution in [0.3, 0.4) is 0 Å². The van der Waals surface area contributed by atoms with Crippen LogP contribution < -0.4 is 9.80 Å². The Kier molecular flexibility index (Phi) is 6.76. The average Bonchev–Trinajstić information content (AvgIpc) is 2.57. The number of anilines is 3. The number of benzene rings is 1. The summed E-state index contributed by atoms with van der Waals surface area (Å²) in [4.78, 5) is 18.1. The van der Waals surface area contributed by atoms with Crippen LogP contribution in [0.2, 0.25) is 0 Å². The second kappa shape index (κ2) is 8.61.